The summed E-state index contributed by atoms with van der Waals surface area (Å²) in [5, 5.41) is 15.9. The summed E-state index contributed by atoms with van der Waals surface area (Å²) in [7, 11) is -0.858. The average Bonchev–Trinajstić information content (AvgIpc) is 3.55. The van der Waals surface area contributed by atoms with Crippen molar-refractivity contribution in [1.29, 1.82) is 0 Å². The molecule has 0 aliphatic rings. The molecule has 3 heterocycles. The fourth-order valence-corrected chi connectivity index (χ4v) is 6.23. The number of ether oxygens (including phenoxy) is 3. The summed E-state index contributed by atoms with van der Waals surface area (Å²) in [6.45, 7) is -0.195. The maximum atomic E-state index is 14.2. The number of esters is 1. The molecule has 1 unspecified atom stereocenters. The quantitative estimate of drug-likeness (QED) is 0.137. The molecule has 0 bridgehead atoms. The van der Waals surface area contributed by atoms with Crippen molar-refractivity contribution in [3.8, 4) is 17.4 Å². The minimum absolute atomic E-state index is 0.0424. The van der Waals surface area contributed by atoms with E-state index >= 15 is 0 Å². The van der Waals surface area contributed by atoms with Crippen LogP contribution in [0.4, 0.5) is 23.9 Å². The summed E-state index contributed by atoms with van der Waals surface area (Å²) in [6, 6.07) is 2.09. The van der Waals surface area contributed by atoms with Crippen molar-refractivity contribution >= 4 is 68.7 Å². The van der Waals surface area contributed by atoms with E-state index in [4.69, 9.17) is 54.1 Å². The molecule has 0 aliphatic carbocycles. The van der Waals surface area contributed by atoms with Crippen LogP contribution in [0.1, 0.15) is 35.2 Å². The Morgan fingerprint density at radius 2 is 1.66 bits per heavy atom. The van der Waals surface area contributed by atoms with Crippen LogP contribution in [0.5, 0.6) is 11.8 Å². The molecule has 2 amide bonds. The second-order valence-corrected chi connectivity index (χ2v) is 12.8. The van der Waals surface area contributed by atoms with Crippen LogP contribution >= 0.6 is 34.8 Å². The second kappa shape index (κ2) is 17.6. The zero-order chi connectivity index (χ0) is 39.9. The van der Waals surface area contributed by atoms with Crippen LogP contribution in [-0.2, 0) is 33.0 Å². The van der Waals surface area contributed by atoms with E-state index in [2.05, 4.69) is 25.5 Å². The third-order valence-electron chi connectivity index (χ3n) is 6.43. The fraction of sp³-hybridized carbons (Fsp3) is 0.333. The average molecular weight is 833 g/mol. The highest BCUT2D eigenvalue weighted by atomic mass is 35.5. The van der Waals surface area contributed by atoms with E-state index in [1.165, 1.54) is 27.2 Å². The number of carboxylic acids is 1. The van der Waals surface area contributed by atoms with Gasteiger partial charge in [0, 0.05) is 18.5 Å². The number of anilines is 1. The molecule has 1 aromatic carbocycles. The van der Waals surface area contributed by atoms with Crippen LogP contribution < -0.4 is 25.2 Å². The summed E-state index contributed by atoms with van der Waals surface area (Å²) in [5.74, 6) is -3.77. The van der Waals surface area contributed by atoms with E-state index in [9.17, 15) is 40.8 Å². The lowest BCUT2D eigenvalue weighted by molar-refractivity contribution is -0.142. The number of nitrogens with zero attached hydrogens (tertiary/aromatic N) is 7. The number of rotatable bonds is 12. The molecular weight excluding hydrogens is 806 g/mol. The Bertz CT molecular complexity index is 2180. The number of nitrogens with one attached hydrogen (secondary N) is 2. The minimum Gasteiger partial charge on any atom is -0.481 e. The van der Waals surface area contributed by atoms with E-state index in [0.29, 0.717) is 9.36 Å². The highest BCUT2D eigenvalue weighted by molar-refractivity contribution is 7.90. The lowest BCUT2D eigenvalue weighted by atomic mass is 10.1. The van der Waals surface area contributed by atoms with E-state index in [-0.39, 0.29) is 57.4 Å². The molecule has 288 valence electrons. The van der Waals surface area contributed by atoms with Gasteiger partial charge in [-0.1, -0.05) is 23.2 Å². The number of sulfonamides is 1. The molecule has 0 saturated heterocycles. The van der Waals surface area contributed by atoms with Gasteiger partial charge in [-0.3, -0.25) is 14.8 Å². The maximum Gasteiger partial charge on any atom is 0.355 e. The molecule has 4 rings (SSSR count). The van der Waals surface area contributed by atoms with Crippen LogP contribution in [0.2, 0.25) is 10.2 Å². The van der Waals surface area contributed by atoms with E-state index < -0.39 is 67.2 Å². The number of aromatic carboxylic acids is 1. The number of methoxy groups -OCH3 is 2. The first kappa shape index (κ1) is 42.3. The van der Waals surface area contributed by atoms with E-state index in [1.807, 2.05) is 0 Å². The summed E-state index contributed by atoms with van der Waals surface area (Å²) in [6.07, 6.45) is -0.115. The molecule has 0 radical (unpaired) electrons. The zero-order valence-corrected chi connectivity index (χ0v) is 30.8. The van der Waals surface area contributed by atoms with Crippen LogP contribution in [0.3, 0.4) is 0 Å². The molecule has 0 spiro atoms. The van der Waals surface area contributed by atoms with Gasteiger partial charge in [0.05, 0.1) is 26.9 Å². The van der Waals surface area contributed by atoms with E-state index in [1.54, 1.807) is 11.6 Å². The molecule has 4 aromatic rings. The molecule has 1 atom stereocenters. The normalized spacial score (nSPS) is 11.7. The Kier molecular flexibility index (Phi) is 14.0. The third-order valence-corrected chi connectivity index (χ3v) is 8.81. The van der Waals surface area contributed by atoms with E-state index in [0.717, 1.165) is 19.2 Å². The zero-order valence-electron chi connectivity index (χ0n) is 27.7. The number of carboxylic acid groups (broad SMARTS) is 1. The SMILES string of the molecule is CCOC(=O)C(Cl)Cc1cc(-n2nc(C)n(C(F)F)c2=O)c(F)cc1Cl.COc1cc(OC)nc(NC(=O)NS(=O)(=O)c2c(C(=O)O)c(Cl)nn2C)n1. The van der Waals surface area contributed by atoms with Crippen LogP contribution in [0, 0.1) is 12.7 Å². The standard InChI is InChI=1S/C15H14Cl2F3N3O3.C12H13ClN6O7S/c1-3-26-13(24)10(17)4-8-5-12(11(18)6-9(8)16)23-15(25)22(14(19)20)7(2)21-23;1-19-9(7(10(20)21)8(13)17-19)27(23,24)18-12(22)16-11-14-5(25-2)4-6(15-11)26-3/h5-6,10,14H,3-4H2,1-2H3;4H,1-3H3,(H,20,21)(H2,14,15,16,18,22). The number of halogens is 6. The van der Waals surface area contributed by atoms with Gasteiger partial charge in [0.15, 0.2) is 16.0 Å². The summed E-state index contributed by atoms with van der Waals surface area (Å²) in [5.41, 5.74) is -2.15. The van der Waals surface area contributed by atoms with Crippen molar-refractivity contribution < 1.29 is 55.3 Å². The number of aromatic nitrogens is 7. The molecule has 3 aromatic heterocycles. The molecule has 0 aliphatic heterocycles. The number of benzene rings is 1. The molecule has 53 heavy (non-hydrogen) atoms. The molecule has 26 heteroatoms. The predicted molar refractivity (Wildman–Crippen MR) is 178 cm³/mol. The molecule has 3 N–H and O–H groups in total. The molecule has 0 fully saturated rings. The number of aryl methyl sites for hydroxylation is 2. The third kappa shape index (κ3) is 10.1. The lowest BCUT2D eigenvalue weighted by Gasteiger charge is -2.12. The number of hydrogen-bond acceptors (Lipinski definition) is 13. The Balaban J connectivity index is 0.000000286. The van der Waals surface area contributed by atoms with Crippen molar-refractivity contribution in [3.05, 3.63) is 61.6 Å². The first-order valence-corrected chi connectivity index (χ1v) is 17.0. The van der Waals surface area contributed by atoms with Gasteiger partial charge in [0.25, 0.3) is 10.0 Å². The first-order valence-electron chi connectivity index (χ1n) is 14.3. The summed E-state index contributed by atoms with van der Waals surface area (Å²) >= 11 is 17.5. The Hall–Kier alpha value is -5.13. The van der Waals surface area contributed by atoms with Crippen molar-refractivity contribution in [2.45, 2.75) is 37.2 Å². The fourth-order valence-electron chi connectivity index (χ4n) is 4.20. The first-order chi connectivity index (χ1) is 24.8. The largest absolute Gasteiger partial charge is 0.481 e. The number of alkyl halides is 3. The topological polar surface area (TPSA) is 241 Å². The number of carbonyl (C=O) groups excluding carboxylic acids is 2. The second-order valence-electron chi connectivity index (χ2n) is 9.94. The monoisotopic (exact) mass is 831 g/mol. The summed E-state index contributed by atoms with van der Waals surface area (Å²) in [4.78, 5) is 54.6. The minimum atomic E-state index is -4.64. The van der Waals surface area contributed by atoms with Crippen molar-refractivity contribution in [2.75, 3.05) is 26.1 Å². The Labute approximate surface area is 311 Å². The Morgan fingerprint density at radius 1 is 1.06 bits per heavy atom. The van der Waals surface area contributed by atoms with Gasteiger partial charge in [-0.05, 0) is 31.5 Å². The number of urea groups is 1. The van der Waals surface area contributed by atoms with Crippen LogP contribution in [0.25, 0.3) is 5.69 Å². The molecule has 19 nitrogen and oxygen atoms in total. The predicted octanol–water partition coefficient (Wildman–Crippen LogP) is 3.33. The molecular formula is C27H27Cl3F3N9O10S. The van der Waals surface area contributed by atoms with Gasteiger partial charge in [-0.15, -0.1) is 16.7 Å². The van der Waals surface area contributed by atoms with Gasteiger partial charge in [0.2, 0.25) is 17.7 Å². The maximum absolute atomic E-state index is 14.2. The highest BCUT2D eigenvalue weighted by Gasteiger charge is 2.32. The van der Waals surface area contributed by atoms with Crippen molar-refractivity contribution in [1.82, 2.24) is 38.8 Å². The number of amides is 2. The number of carbonyl (C=O) groups is 3. The van der Waals surface area contributed by atoms with Crippen LogP contribution in [0.15, 0.2) is 28.0 Å². The van der Waals surface area contributed by atoms with Crippen molar-refractivity contribution in [3.63, 3.8) is 0 Å². The van der Waals surface area contributed by atoms with Gasteiger partial charge in [-0.25, -0.2) is 28.1 Å². The molecule has 0 saturated carbocycles. The van der Waals surface area contributed by atoms with Crippen LogP contribution in [-0.4, -0.2) is 91.8 Å². The van der Waals surface area contributed by atoms with Crippen molar-refractivity contribution in [2.24, 2.45) is 7.05 Å². The summed E-state index contributed by atoms with van der Waals surface area (Å²) < 4.78 is 82.4. The highest BCUT2D eigenvalue weighted by Crippen LogP contribution is 2.26. The lowest BCUT2D eigenvalue weighted by Crippen LogP contribution is -2.36. The van der Waals surface area contributed by atoms with Gasteiger partial charge in [-0.2, -0.15) is 36.9 Å². The number of hydrogen-bond donors (Lipinski definition) is 3. The van der Waals surface area contributed by atoms with Gasteiger partial charge >= 0.3 is 30.2 Å². The van der Waals surface area contributed by atoms with Gasteiger partial charge < -0.3 is 19.3 Å². The van der Waals surface area contributed by atoms with Gasteiger partial charge in [0.1, 0.15) is 22.5 Å². The Morgan fingerprint density at radius 3 is 2.17 bits per heavy atom. The smallest absolute Gasteiger partial charge is 0.355 e.